The number of hydrogen-bond donors (Lipinski definition) is 2. The third-order valence-corrected chi connectivity index (χ3v) is 3.19. The van der Waals surface area contributed by atoms with E-state index in [2.05, 4.69) is 24.5 Å². The van der Waals surface area contributed by atoms with Gasteiger partial charge in [0.05, 0.1) is 6.61 Å². The first-order valence-electron chi connectivity index (χ1n) is 7.15. The first-order valence-corrected chi connectivity index (χ1v) is 7.15. The van der Waals surface area contributed by atoms with Crippen molar-refractivity contribution in [3.8, 4) is 0 Å². The van der Waals surface area contributed by atoms with E-state index in [-0.39, 0.29) is 0 Å². The van der Waals surface area contributed by atoms with Crippen molar-refractivity contribution < 1.29 is 4.74 Å². The molecule has 1 aliphatic rings. The number of ether oxygens (including phenoxy) is 1. The van der Waals surface area contributed by atoms with Crippen molar-refractivity contribution in [2.45, 2.75) is 45.6 Å². The van der Waals surface area contributed by atoms with Gasteiger partial charge in [-0.2, -0.15) is 0 Å². The molecule has 0 spiro atoms. The van der Waals surface area contributed by atoms with Gasteiger partial charge in [0.1, 0.15) is 0 Å². The fourth-order valence-electron chi connectivity index (χ4n) is 2.04. The largest absolute Gasteiger partial charge is 0.384 e. The monoisotopic (exact) mass is 242 g/mol. The van der Waals surface area contributed by atoms with Gasteiger partial charge in [-0.25, -0.2) is 0 Å². The minimum Gasteiger partial charge on any atom is -0.384 e. The molecular weight excluding hydrogens is 212 g/mol. The van der Waals surface area contributed by atoms with Crippen LogP contribution in [0, 0.1) is 11.8 Å². The zero-order chi connectivity index (χ0) is 12.5. The molecule has 17 heavy (non-hydrogen) atoms. The summed E-state index contributed by atoms with van der Waals surface area (Å²) < 4.78 is 5.29. The van der Waals surface area contributed by atoms with E-state index in [4.69, 9.17) is 4.74 Å². The number of methoxy groups -OCH3 is 1. The highest BCUT2D eigenvalue weighted by atomic mass is 16.5. The molecule has 0 amide bonds. The second-order valence-corrected chi connectivity index (χ2v) is 5.74. The van der Waals surface area contributed by atoms with E-state index in [1.807, 2.05) is 0 Å². The molecule has 0 aromatic heterocycles. The van der Waals surface area contributed by atoms with Gasteiger partial charge in [0.25, 0.3) is 0 Å². The highest BCUT2D eigenvalue weighted by molar-refractivity contribution is 4.80. The highest BCUT2D eigenvalue weighted by Gasteiger charge is 2.19. The molecule has 1 saturated carbocycles. The molecular formula is C14H30N2O. The van der Waals surface area contributed by atoms with Gasteiger partial charge in [-0.05, 0) is 50.6 Å². The molecule has 102 valence electrons. The van der Waals surface area contributed by atoms with E-state index in [1.54, 1.807) is 7.11 Å². The zero-order valence-electron chi connectivity index (χ0n) is 11.8. The molecule has 1 rings (SSSR count). The lowest BCUT2D eigenvalue weighted by atomic mass is 10.0. The Labute approximate surface area is 107 Å². The third kappa shape index (κ3) is 8.58. The Morgan fingerprint density at radius 3 is 2.59 bits per heavy atom. The summed E-state index contributed by atoms with van der Waals surface area (Å²) in [5, 5.41) is 7.10. The third-order valence-electron chi connectivity index (χ3n) is 3.19. The van der Waals surface area contributed by atoms with Crippen molar-refractivity contribution in [1.29, 1.82) is 0 Å². The maximum absolute atomic E-state index is 5.29. The summed E-state index contributed by atoms with van der Waals surface area (Å²) in [5.74, 6) is 1.40. The fraction of sp³-hybridized carbons (Fsp3) is 1.00. The van der Waals surface area contributed by atoms with Crippen molar-refractivity contribution in [3.05, 3.63) is 0 Å². The minimum absolute atomic E-state index is 0.666. The van der Waals surface area contributed by atoms with Crippen LogP contribution in [0.25, 0.3) is 0 Å². The molecule has 0 bridgehead atoms. The van der Waals surface area contributed by atoms with Crippen LogP contribution in [0.3, 0.4) is 0 Å². The lowest BCUT2D eigenvalue weighted by Gasteiger charge is -2.17. The average molecular weight is 242 g/mol. The molecule has 2 N–H and O–H groups in total. The Kier molecular flexibility index (Phi) is 7.82. The maximum Gasteiger partial charge on any atom is 0.0502 e. The Bertz CT molecular complexity index is 181. The van der Waals surface area contributed by atoms with Gasteiger partial charge >= 0.3 is 0 Å². The molecule has 0 aromatic carbocycles. The van der Waals surface area contributed by atoms with Crippen LogP contribution in [0.4, 0.5) is 0 Å². The smallest absolute Gasteiger partial charge is 0.0502 e. The summed E-state index contributed by atoms with van der Waals surface area (Å²) in [4.78, 5) is 0. The standard InChI is InChI=1S/C14H30N2O/c1-12(2)9-15-10-13(11-17-3)5-4-8-16-14-6-7-14/h12-16H,4-11H2,1-3H3. The first-order chi connectivity index (χ1) is 8.22. The average Bonchev–Trinajstić information content (AvgIpc) is 3.07. The molecule has 0 aliphatic heterocycles. The van der Waals surface area contributed by atoms with Crippen LogP contribution in [0.5, 0.6) is 0 Å². The van der Waals surface area contributed by atoms with Crippen molar-refractivity contribution in [2.24, 2.45) is 11.8 Å². The molecule has 0 heterocycles. The summed E-state index contributed by atoms with van der Waals surface area (Å²) in [7, 11) is 1.80. The fourth-order valence-corrected chi connectivity index (χ4v) is 2.04. The van der Waals surface area contributed by atoms with Crippen LogP contribution in [-0.2, 0) is 4.74 Å². The van der Waals surface area contributed by atoms with E-state index >= 15 is 0 Å². The van der Waals surface area contributed by atoms with Gasteiger partial charge in [0.15, 0.2) is 0 Å². The van der Waals surface area contributed by atoms with Crippen molar-refractivity contribution in [2.75, 3.05) is 33.4 Å². The Balaban J connectivity index is 1.99. The van der Waals surface area contributed by atoms with Gasteiger partial charge in [-0.15, -0.1) is 0 Å². The van der Waals surface area contributed by atoms with Crippen LogP contribution in [-0.4, -0.2) is 39.4 Å². The molecule has 3 heteroatoms. The topological polar surface area (TPSA) is 33.3 Å². The molecule has 1 fully saturated rings. The lowest BCUT2D eigenvalue weighted by Crippen LogP contribution is -2.29. The maximum atomic E-state index is 5.29. The minimum atomic E-state index is 0.666. The molecule has 1 atom stereocenters. The van der Waals surface area contributed by atoms with Crippen LogP contribution in [0.1, 0.15) is 39.5 Å². The normalized spacial score (nSPS) is 17.6. The summed E-state index contributed by atoms with van der Waals surface area (Å²) in [6.45, 7) is 8.76. The van der Waals surface area contributed by atoms with E-state index in [0.29, 0.717) is 5.92 Å². The molecule has 1 unspecified atom stereocenters. The van der Waals surface area contributed by atoms with Crippen LogP contribution >= 0.6 is 0 Å². The second-order valence-electron chi connectivity index (χ2n) is 5.74. The van der Waals surface area contributed by atoms with E-state index in [0.717, 1.165) is 31.7 Å². The lowest BCUT2D eigenvalue weighted by molar-refractivity contribution is 0.145. The highest BCUT2D eigenvalue weighted by Crippen LogP contribution is 2.18. The van der Waals surface area contributed by atoms with Crippen molar-refractivity contribution in [1.82, 2.24) is 10.6 Å². The number of nitrogens with one attached hydrogen (secondary N) is 2. The quantitative estimate of drug-likeness (QED) is 0.544. The predicted molar refractivity (Wildman–Crippen MR) is 73.3 cm³/mol. The van der Waals surface area contributed by atoms with Crippen LogP contribution in [0.2, 0.25) is 0 Å². The Morgan fingerprint density at radius 1 is 1.24 bits per heavy atom. The van der Waals surface area contributed by atoms with Crippen molar-refractivity contribution in [3.63, 3.8) is 0 Å². The van der Waals surface area contributed by atoms with E-state index in [1.165, 1.54) is 32.2 Å². The molecule has 1 aliphatic carbocycles. The Morgan fingerprint density at radius 2 is 2.00 bits per heavy atom. The van der Waals surface area contributed by atoms with E-state index in [9.17, 15) is 0 Å². The van der Waals surface area contributed by atoms with Gasteiger partial charge in [0, 0.05) is 19.7 Å². The first kappa shape index (κ1) is 14.9. The van der Waals surface area contributed by atoms with Crippen LogP contribution in [0.15, 0.2) is 0 Å². The van der Waals surface area contributed by atoms with Gasteiger partial charge in [0.2, 0.25) is 0 Å². The summed E-state index contributed by atoms with van der Waals surface area (Å²) in [6.07, 6.45) is 5.31. The van der Waals surface area contributed by atoms with Gasteiger partial charge in [-0.1, -0.05) is 13.8 Å². The predicted octanol–water partition coefficient (Wildman–Crippen LogP) is 2.03. The summed E-state index contributed by atoms with van der Waals surface area (Å²) >= 11 is 0. The molecule has 0 radical (unpaired) electrons. The Hall–Kier alpha value is -0.120. The van der Waals surface area contributed by atoms with E-state index < -0.39 is 0 Å². The van der Waals surface area contributed by atoms with Gasteiger partial charge < -0.3 is 15.4 Å². The van der Waals surface area contributed by atoms with Crippen molar-refractivity contribution >= 4 is 0 Å². The van der Waals surface area contributed by atoms with Gasteiger partial charge in [-0.3, -0.25) is 0 Å². The molecule has 0 saturated heterocycles. The summed E-state index contributed by atoms with van der Waals surface area (Å²) in [5.41, 5.74) is 0. The van der Waals surface area contributed by atoms with Crippen LogP contribution < -0.4 is 10.6 Å². The summed E-state index contributed by atoms with van der Waals surface area (Å²) in [6, 6.07) is 0.843. The second kappa shape index (κ2) is 8.90. The number of rotatable bonds is 11. The SMILES string of the molecule is COCC(CCCNC1CC1)CNCC(C)C. The zero-order valence-corrected chi connectivity index (χ0v) is 11.8. The molecule has 3 nitrogen and oxygen atoms in total. The number of hydrogen-bond acceptors (Lipinski definition) is 3. The molecule has 0 aromatic rings.